The Balaban J connectivity index is 1.66. The van der Waals surface area contributed by atoms with Gasteiger partial charge < -0.3 is 25.0 Å². The molecule has 4 N–H and O–H groups in total. The van der Waals surface area contributed by atoms with Crippen LogP contribution < -0.4 is 15.2 Å². The van der Waals surface area contributed by atoms with Gasteiger partial charge in [0.25, 0.3) is 5.91 Å². The van der Waals surface area contributed by atoms with Gasteiger partial charge in [-0.2, -0.15) is 0 Å². The number of aromatic carboxylic acids is 1. The average molecular weight is 682 g/mol. The Hall–Kier alpha value is -4.10. The molecule has 1 unspecified atom stereocenters. The molecule has 3 aromatic rings. The topological polar surface area (TPSA) is 164 Å². The maximum atomic E-state index is 13.2. The molecule has 0 aliphatic carbocycles. The molecule has 2 aromatic carbocycles. The van der Waals surface area contributed by atoms with Crippen LogP contribution in [0.4, 0.5) is 5.69 Å². The van der Waals surface area contributed by atoms with Gasteiger partial charge in [0, 0.05) is 36.7 Å². The highest BCUT2D eigenvalue weighted by Crippen LogP contribution is 2.50. The van der Waals surface area contributed by atoms with Crippen LogP contribution in [0.15, 0.2) is 24.3 Å². The van der Waals surface area contributed by atoms with E-state index in [2.05, 4.69) is 9.62 Å². The van der Waals surface area contributed by atoms with Crippen LogP contribution in [0.5, 0.6) is 5.75 Å². The van der Waals surface area contributed by atoms with Gasteiger partial charge >= 0.3 is 5.97 Å². The molecule has 0 bridgehead atoms. The minimum atomic E-state index is -3.94. The van der Waals surface area contributed by atoms with E-state index in [1.54, 1.807) is 17.7 Å². The second-order valence-electron chi connectivity index (χ2n) is 14.3. The molecule has 3 heterocycles. The predicted octanol–water partition coefficient (Wildman–Crippen LogP) is 4.20. The maximum Gasteiger partial charge on any atom is 0.353 e. The molecule has 13 heteroatoms. The molecule has 5 rings (SSSR count). The van der Waals surface area contributed by atoms with Crippen molar-refractivity contribution in [2.45, 2.75) is 64.3 Å². The predicted molar refractivity (Wildman–Crippen MR) is 186 cm³/mol. The fourth-order valence-corrected chi connectivity index (χ4v) is 8.13. The second-order valence-corrected chi connectivity index (χ2v) is 16.0. The van der Waals surface area contributed by atoms with E-state index < -0.39 is 27.3 Å². The van der Waals surface area contributed by atoms with Crippen molar-refractivity contribution in [3.05, 3.63) is 46.6 Å². The smallest absolute Gasteiger partial charge is 0.353 e. The van der Waals surface area contributed by atoms with Crippen LogP contribution in [-0.2, 0) is 33.7 Å². The monoisotopic (exact) mass is 681 g/mol. The zero-order valence-corrected chi connectivity index (χ0v) is 29.7. The molecule has 48 heavy (non-hydrogen) atoms. The van der Waals surface area contributed by atoms with Gasteiger partial charge in [0.1, 0.15) is 5.69 Å². The number of hydrogen-bond donors (Lipinski definition) is 3. The molecule has 2 aliphatic heterocycles. The van der Waals surface area contributed by atoms with Gasteiger partial charge in [0.15, 0.2) is 5.75 Å². The number of hydrogen-bond acceptors (Lipinski definition) is 7. The molecule has 2 saturated heterocycles. The number of likely N-dealkylation sites (N-methyl/N-ethyl adjacent to an activating group) is 1. The number of aryl methyl sites for hydroxylation is 1. The summed E-state index contributed by atoms with van der Waals surface area (Å²) in [5, 5.41) is 11.3. The Labute approximate surface area is 282 Å². The third-order valence-electron chi connectivity index (χ3n) is 9.83. The van der Waals surface area contributed by atoms with Crippen molar-refractivity contribution in [2.24, 2.45) is 18.7 Å². The van der Waals surface area contributed by atoms with Crippen LogP contribution in [0.25, 0.3) is 22.0 Å². The molecule has 260 valence electrons. The van der Waals surface area contributed by atoms with Crippen molar-refractivity contribution in [1.82, 2.24) is 14.4 Å². The van der Waals surface area contributed by atoms with E-state index >= 15 is 0 Å². The number of aromatic nitrogens is 1. The van der Waals surface area contributed by atoms with Gasteiger partial charge in [-0.25, -0.2) is 13.2 Å². The first-order chi connectivity index (χ1) is 22.4. The number of sulfonamides is 1. The molecule has 1 atom stereocenters. The molecular weight excluding hydrogens is 634 g/mol. The number of carboxylic acids is 1. The minimum Gasteiger partial charge on any atom is -0.494 e. The summed E-state index contributed by atoms with van der Waals surface area (Å²) in [5.74, 6) is -1.61. The SMILES string of the molecule is COc1c(C(N)=O)cc(C(C)(C)C)c(-c2c(C(=O)O)n(C)c3c(CC4CCN(C(=O)C5CCCN5C)CC4)cccc23)c1NS(C)(=O)=O. The number of nitrogens with two attached hydrogens (primary N) is 1. The van der Waals surface area contributed by atoms with Crippen molar-refractivity contribution >= 4 is 44.4 Å². The van der Waals surface area contributed by atoms with Crippen LogP contribution in [0.1, 0.15) is 78.4 Å². The molecule has 2 amide bonds. The number of benzene rings is 2. The lowest BCUT2D eigenvalue weighted by molar-refractivity contribution is -0.137. The summed E-state index contributed by atoms with van der Waals surface area (Å²) in [6.07, 6.45) is 5.27. The van der Waals surface area contributed by atoms with Crippen molar-refractivity contribution in [1.29, 1.82) is 0 Å². The summed E-state index contributed by atoms with van der Waals surface area (Å²) in [4.78, 5) is 43.1. The highest BCUT2D eigenvalue weighted by atomic mass is 32.2. The van der Waals surface area contributed by atoms with E-state index in [0.717, 1.165) is 49.6 Å². The number of anilines is 1. The number of carbonyl (C=O) groups excluding carboxylic acids is 2. The lowest BCUT2D eigenvalue weighted by Gasteiger charge is -2.35. The van der Waals surface area contributed by atoms with Gasteiger partial charge in [-0.3, -0.25) is 19.2 Å². The van der Waals surface area contributed by atoms with Gasteiger partial charge in [0.05, 0.1) is 36.2 Å². The first kappa shape index (κ1) is 35.2. The van der Waals surface area contributed by atoms with Crippen molar-refractivity contribution in [3.63, 3.8) is 0 Å². The third kappa shape index (κ3) is 6.62. The van der Waals surface area contributed by atoms with Crippen molar-refractivity contribution in [2.75, 3.05) is 44.8 Å². The number of carbonyl (C=O) groups is 3. The molecule has 12 nitrogen and oxygen atoms in total. The van der Waals surface area contributed by atoms with Gasteiger partial charge in [-0.1, -0.05) is 39.0 Å². The molecule has 2 aliphatic rings. The first-order valence-corrected chi connectivity index (χ1v) is 18.2. The van der Waals surface area contributed by atoms with Crippen LogP contribution in [0.2, 0.25) is 0 Å². The number of ether oxygens (including phenoxy) is 1. The van der Waals surface area contributed by atoms with E-state index in [4.69, 9.17) is 10.5 Å². The number of primary amides is 1. The van der Waals surface area contributed by atoms with E-state index in [1.165, 1.54) is 7.11 Å². The Morgan fingerprint density at radius 3 is 2.25 bits per heavy atom. The van der Waals surface area contributed by atoms with E-state index in [0.29, 0.717) is 41.6 Å². The summed E-state index contributed by atoms with van der Waals surface area (Å²) >= 11 is 0. The number of nitrogens with zero attached hydrogens (tertiary/aromatic N) is 3. The number of piperidine rings is 1. The van der Waals surface area contributed by atoms with E-state index in [-0.39, 0.29) is 40.6 Å². The van der Waals surface area contributed by atoms with Gasteiger partial charge in [-0.15, -0.1) is 0 Å². The fraction of sp³-hybridized carbons (Fsp3) is 0.514. The standard InChI is InChI=1S/C35H47N5O7S/c1-35(2,3)24-19-23(32(36)41)31(47-6)28(37-48(7,45)46)27(24)26-22-11-8-10-21(29(22)39(5)30(26)34(43)44)18-20-13-16-40(17-14-20)33(42)25-12-9-15-38(25)4/h8,10-11,19-20,25,37H,9,12-18H2,1-7H3,(H2,36,41)(H,43,44). The largest absolute Gasteiger partial charge is 0.494 e. The first-order valence-electron chi connectivity index (χ1n) is 16.3. The van der Waals surface area contributed by atoms with Crippen LogP contribution in [0, 0.1) is 5.92 Å². The number of likely N-dealkylation sites (tertiary alicyclic amines) is 2. The van der Waals surface area contributed by atoms with E-state index in [1.807, 2.05) is 50.9 Å². The Bertz CT molecular complexity index is 1890. The molecule has 1 aromatic heterocycles. The number of fused-ring (bicyclic) bond motifs is 1. The number of para-hydroxylation sites is 1. The van der Waals surface area contributed by atoms with Crippen LogP contribution in [-0.4, -0.2) is 91.8 Å². The summed E-state index contributed by atoms with van der Waals surface area (Å²) in [6.45, 7) is 8.00. The summed E-state index contributed by atoms with van der Waals surface area (Å²) in [6, 6.07) is 7.25. The second kappa shape index (κ2) is 13.1. The molecule has 2 fully saturated rings. The minimum absolute atomic E-state index is 0.0282. The number of methoxy groups -OCH3 is 1. The fourth-order valence-electron chi connectivity index (χ4n) is 7.56. The summed E-state index contributed by atoms with van der Waals surface area (Å²) in [7, 11) is 1.08. The Morgan fingerprint density at radius 1 is 1.06 bits per heavy atom. The third-order valence-corrected chi connectivity index (χ3v) is 10.4. The molecule has 0 radical (unpaired) electrons. The highest BCUT2D eigenvalue weighted by Gasteiger charge is 2.36. The number of carboxylic acid groups (broad SMARTS) is 1. The summed E-state index contributed by atoms with van der Waals surface area (Å²) in [5.41, 5.74) is 7.77. The molecule has 0 spiro atoms. The summed E-state index contributed by atoms with van der Waals surface area (Å²) < 4.78 is 35.4. The van der Waals surface area contributed by atoms with E-state index in [9.17, 15) is 27.9 Å². The molecule has 0 saturated carbocycles. The number of rotatable bonds is 9. The lowest BCUT2D eigenvalue weighted by atomic mass is 9.79. The van der Waals surface area contributed by atoms with Gasteiger partial charge in [0.2, 0.25) is 15.9 Å². The zero-order chi connectivity index (χ0) is 35.3. The maximum absolute atomic E-state index is 13.2. The normalized spacial score (nSPS) is 18.0. The number of nitrogens with one attached hydrogen (secondary N) is 1. The zero-order valence-electron chi connectivity index (χ0n) is 28.8. The highest BCUT2D eigenvalue weighted by molar-refractivity contribution is 7.92. The Kier molecular flexibility index (Phi) is 9.59. The van der Waals surface area contributed by atoms with Gasteiger partial charge in [-0.05, 0) is 74.2 Å². The quantitative estimate of drug-likeness (QED) is 0.303. The van der Waals surface area contributed by atoms with Crippen LogP contribution in [0.3, 0.4) is 0 Å². The molecular formula is C35H47N5O7S. The van der Waals surface area contributed by atoms with Crippen molar-refractivity contribution < 1.29 is 32.6 Å². The average Bonchev–Trinajstić information content (AvgIpc) is 3.56. The van der Waals surface area contributed by atoms with Crippen molar-refractivity contribution in [3.8, 4) is 16.9 Å². The van der Waals surface area contributed by atoms with Crippen LogP contribution >= 0.6 is 0 Å². The number of amides is 2. The lowest BCUT2D eigenvalue weighted by Crippen LogP contribution is -2.47. The Morgan fingerprint density at radius 2 is 1.73 bits per heavy atom.